The molecule has 2 aliphatic carbocycles. The van der Waals surface area contributed by atoms with E-state index in [1.807, 2.05) is 6.92 Å². The molecule has 124 valence electrons. The molecule has 3 N–H and O–H groups in total. The third-order valence-electron chi connectivity index (χ3n) is 5.22. The summed E-state index contributed by atoms with van der Waals surface area (Å²) in [5, 5.41) is 3.15. The molecule has 0 aliphatic heterocycles. The van der Waals surface area contributed by atoms with E-state index in [2.05, 4.69) is 5.32 Å². The van der Waals surface area contributed by atoms with Crippen LogP contribution in [-0.2, 0) is 9.53 Å². The van der Waals surface area contributed by atoms with Crippen molar-refractivity contribution < 1.29 is 9.53 Å². The Labute approximate surface area is 135 Å². The minimum Gasteiger partial charge on any atom is -0.382 e. The smallest absolute Gasteiger partial charge is 0.220 e. The standard InChI is InChI=1S/C16H30N2O2.ClH/c1-2-20-10-9-16(7-4-8-16)12-18-15(19)11-13-5-3-6-14(13)17;/h13-14H,2-12,17H2,1H3,(H,18,19);1H/t13-,14+;/m0./s1. The Balaban J connectivity index is 0.00000220. The molecule has 0 bridgehead atoms. The summed E-state index contributed by atoms with van der Waals surface area (Å²) in [6, 6.07) is 0.233. The highest BCUT2D eigenvalue weighted by Gasteiger charge is 2.37. The van der Waals surface area contributed by atoms with E-state index in [1.165, 1.54) is 25.7 Å². The molecule has 5 heteroatoms. The van der Waals surface area contributed by atoms with Crippen molar-refractivity contribution in [3.8, 4) is 0 Å². The summed E-state index contributed by atoms with van der Waals surface area (Å²) < 4.78 is 5.46. The summed E-state index contributed by atoms with van der Waals surface area (Å²) in [6.45, 7) is 4.45. The number of carbonyl (C=O) groups excluding carboxylic acids is 1. The molecule has 4 nitrogen and oxygen atoms in total. The number of nitrogens with two attached hydrogens (primary N) is 1. The van der Waals surface area contributed by atoms with E-state index in [0.717, 1.165) is 39.0 Å². The number of halogens is 1. The zero-order valence-electron chi connectivity index (χ0n) is 13.2. The molecular weight excluding hydrogens is 288 g/mol. The van der Waals surface area contributed by atoms with Gasteiger partial charge in [0, 0.05) is 32.2 Å². The fourth-order valence-corrected chi connectivity index (χ4v) is 3.54. The number of amides is 1. The van der Waals surface area contributed by atoms with Crippen molar-refractivity contribution in [3.63, 3.8) is 0 Å². The zero-order valence-corrected chi connectivity index (χ0v) is 14.1. The lowest BCUT2D eigenvalue weighted by atomic mass is 9.66. The first-order valence-electron chi connectivity index (χ1n) is 8.25. The van der Waals surface area contributed by atoms with Crippen LogP contribution in [0, 0.1) is 11.3 Å². The van der Waals surface area contributed by atoms with Gasteiger partial charge in [-0.2, -0.15) is 0 Å². The monoisotopic (exact) mass is 318 g/mol. The highest BCUT2D eigenvalue weighted by Crippen LogP contribution is 2.43. The highest BCUT2D eigenvalue weighted by atomic mass is 35.5. The molecule has 2 aliphatic rings. The van der Waals surface area contributed by atoms with Crippen molar-refractivity contribution in [3.05, 3.63) is 0 Å². The summed E-state index contributed by atoms with van der Waals surface area (Å²) >= 11 is 0. The fourth-order valence-electron chi connectivity index (χ4n) is 3.54. The van der Waals surface area contributed by atoms with E-state index in [4.69, 9.17) is 10.5 Å². The normalized spacial score (nSPS) is 26.8. The molecule has 2 rings (SSSR count). The number of rotatable bonds is 8. The van der Waals surface area contributed by atoms with E-state index in [9.17, 15) is 4.79 Å². The maximum Gasteiger partial charge on any atom is 0.220 e. The third-order valence-corrected chi connectivity index (χ3v) is 5.22. The van der Waals surface area contributed by atoms with Crippen LogP contribution in [0.1, 0.15) is 58.3 Å². The molecule has 0 aromatic rings. The Hall–Kier alpha value is -0.320. The highest BCUT2D eigenvalue weighted by molar-refractivity contribution is 5.85. The summed E-state index contributed by atoms with van der Waals surface area (Å²) in [7, 11) is 0. The second kappa shape index (κ2) is 8.96. The van der Waals surface area contributed by atoms with Gasteiger partial charge in [0.25, 0.3) is 0 Å². The lowest BCUT2D eigenvalue weighted by Crippen LogP contribution is -2.43. The van der Waals surface area contributed by atoms with Crippen molar-refractivity contribution in [2.24, 2.45) is 17.1 Å². The first kappa shape index (κ1) is 18.7. The van der Waals surface area contributed by atoms with Crippen molar-refractivity contribution in [1.82, 2.24) is 5.32 Å². The summed E-state index contributed by atoms with van der Waals surface area (Å²) in [6.07, 6.45) is 8.80. The van der Waals surface area contributed by atoms with Crippen LogP contribution in [0.3, 0.4) is 0 Å². The first-order chi connectivity index (χ1) is 9.65. The van der Waals surface area contributed by atoms with Crippen molar-refractivity contribution in [1.29, 1.82) is 0 Å². The molecule has 1 amide bonds. The van der Waals surface area contributed by atoms with Gasteiger partial charge in [-0.3, -0.25) is 4.79 Å². The van der Waals surface area contributed by atoms with Crippen LogP contribution in [0.5, 0.6) is 0 Å². The summed E-state index contributed by atoms with van der Waals surface area (Å²) in [5.74, 6) is 0.589. The zero-order chi connectivity index (χ0) is 14.4. The van der Waals surface area contributed by atoms with Crippen molar-refractivity contribution in [2.45, 2.75) is 64.3 Å². The predicted octanol–water partition coefficient (Wildman–Crippen LogP) is 2.64. The Bertz CT molecular complexity index is 321. The van der Waals surface area contributed by atoms with Gasteiger partial charge in [-0.05, 0) is 50.4 Å². The maximum atomic E-state index is 12.1. The molecule has 0 spiro atoms. The number of hydrogen-bond donors (Lipinski definition) is 2. The number of hydrogen-bond acceptors (Lipinski definition) is 3. The molecule has 0 radical (unpaired) electrons. The van der Waals surface area contributed by atoms with Gasteiger partial charge in [-0.25, -0.2) is 0 Å². The van der Waals surface area contributed by atoms with Crippen molar-refractivity contribution >= 4 is 18.3 Å². The van der Waals surface area contributed by atoms with Gasteiger partial charge in [-0.15, -0.1) is 12.4 Å². The molecule has 0 saturated heterocycles. The molecular formula is C16H31ClN2O2. The van der Waals surface area contributed by atoms with E-state index >= 15 is 0 Å². The van der Waals surface area contributed by atoms with Gasteiger partial charge in [0.05, 0.1) is 0 Å². The molecule has 2 fully saturated rings. The quantitative estimate of drug-likeness (QED) is 0.676. The number of carbonyl (C=O) groups is 1. The minimum absolute atomic E-state index is 0. The van der Waals surface area contributed by atoms with Crippen LogP contribution in [0.4, 0.5) is 0 Å². The fraction of sp³-hybridized carbons (Fsp3) is 0.938. The average molecular weight is 319 g/mol. The molecule has 0 aromatic carbocycles. The third kappa shape index (κ3) is 5.42. The first-order valence-corrected chi connectivity index (χ1v) is 8.25. The Morgan fingerprint density at radius 2 is 2.10 bits per heavy atom. The molecule has 2 atom stereocenters. The van der Waals surface area contributed by atoms with Crippen LogP contribution < -0.4 is 11.1 Å². The SMILES string of the molecule is CCOCCC1(CNC(=O)C[C@@H]2CCC[C@H]2N)CCC1.Cl. The Morgan fingerprint density at radius 3 is 2.62 bits per heavy atom. The van der Waals surface area contributed by atoms with Crippen LogP contribution in [0.25, 0.3) is 0 Å². The average Bonchev–Trinajstić information content (AvgIpc) is 2.77. The van der Waals surface area contributed by atoms with Gasteiger partial charge in [-0.1, -0.05) is 12.8 Å². The Kier molecular flexibility index (Phi) is 7.99. The molecule has 0 heterocycles. The lowest BCUT2D eigenvalue weighted by molar-refractivity contribution is -0.123. The second-order valence-electron chi connectivity index (χ2n) is 6.64. The summed E-state index contributed by atoms with van der Waals surface area (Å²) in [4.78, 5) is 12.1. The van der Waals surface area contributed by atoms with Crippen LogP contribution in [0.2, 0.25) is 0 Å². The van der Waals surface area contributed by atoms with Gasteiger partial charge >= 0.3 is 0 Å². The van der Waals surface area contributed by atoms with Crippen LogP contribution >= 0.6 is 12.4 Å². The maximum absolute atomic E-state index is 12.1. The molecule has 21 heavy (non-hydrogen) atoms. The van der Waals surface area contributed by atoms with E-state index in [1.54, 1.807) is 0 Å². The summed E-state index contributed by atoms with van der Waals surface area (Å²) in [5.41, 5.74) is 6.34. The molecule has 2 saturated carbocycles. The van der Waals surface area contributed by atoms with Gasteiger partial charge in [0.15, 0.2) is 0 Å². The van der Waals surface area contributed by atoms with E-state index < -0.39 is 0 Å². The molecule has 0 unspecified atom stereocenters. The minimum atomic E-state index is 0. The topological polar surface area (TPSA) is 64.3 Å². The second-order valence-corrected chi connectivity index (χ2v) is 6.64. The lowest BCUT2D eigenvalue weighted by Gasteiger charge is -2.42. The van der Waals surface area contributed by atoms with Gasteiger partial charge in [0.1, 0.15) is 0 Å². The van der Waals surface area contributed by atoms with Crippen LogP contribution in [0.15, 0.2) is 0 Å². The van der Waals surface area contributed by atoms with E-state index in [0.29, 0.717) is 17.8 Å². The van der Waals surface area contributed by atoms with Crippen molar-refractivity contribution in [2.75, 3.05) is 19.8 Å². The number of ether oxygens (including phenoxy) is 1. The predicted molar refractivity (Wildman–Crippen MR) is 87.6 cm³/mol. The Morgan fingerprint density at radius 1 is 1.33 bits per heavy atom. The van der Waals surface area contributed by atoms with E-state index in [-0.39, 0.29) is 24.4 Å². The van der Waals surface area contributed by atoms with Crippen LogP contribution in [-0.4, -0.2) is 31.7 Å². The van der Waals surface area contributed by atoms with Gasteiger partial charge < -0.3 is 15.8 Å². The largest absolute Gasteiger partial charge is 0.382 e. The van der Waals surface area contributed by atoms with Gasteiger partial charge in [0.2, 0.25) is 5.91 Å². The number of nitrogens with one attached hydrogen (secondary N) is 1. The molecule has 0 aromatic heterocycles.